The zero-order valence-corrected chi connectivity index (χ0v) is 24.3. The fourth-order valence-electron chi connectivity index (χ4n) is 4.73. The van der Waals surface area contributed by atoms with Crippen LogP contribution in [0.2, 0.25) is 51.4 Å². The molecule has 0 aromatic rings. The van der Waals surface area contributed by atoms with Crippen molar-refractivity contribution in [1.29, 1.82) is 0 Å². The predicted octanol–water partition coefficient (Wildman–Crippen LogP) is 3.17. The van der Waals surface area contributed by atoms with E-state index in [1.807, 2.05) is 26.2 Å². The number of hydrogen-bond acceptors (Lipinski definition) is 9. The van der Waals surface area contributed by atoms with Crippen LogP contribution < -0.4 is 0 Å². The fraction of sp³-hybridized carbons (Fsp3) is 1.00. The molecule has 0 amide bonds. The molecule has 4 aliphatic heterocycles. The summed E-state index contributed by atoms with van der Waals surface area (Å²) in [7, 11) is -17.9. The van der Waals surface area contributed by atoms with E-state index >= 15 is 0 Å². The second-order valence-electron chi connectivity index (χ2n) is 9.04. The van der Waals surface area contributed by atoms with Gasteiger partial charge in [-0.15, -0.1) is 0 Å². The first kappa shape index (κ1) is 23.1. The van der Waals surface area contributed by atoms with Gasteiger partial charge in [0.05, 0.1) is 0 Å². The third-order valence-electron chi connectivity index (χ3n) is 5.50. The lowest BCUT2D eigenvalue weighted by Crippen LogP contribution is -2.76. The van der Waals surface area contributed by atoms with Crippen molar-refractivity contribution in [3.63, 3.8) is 0 Å². The molecule has 4 heterocycles. The van der Waals surface area contributed by atoms with Gasteiger partial charge in [-0.25, -0.2) is 0 Å². The Balaban J connectivity index is 1.85. The molecule has 15 heteroatoms. The van der Waals surface area contributed by atoms with Crippen molar-refractivity contribution >= 4 is 52.3 Å². The first-order valence-corrected chi connectivity index (χ1v) is 24.5. The third-order valence-corrected chi connectivity index (χ3v) is 31.2. The van der Waals surface area contributed by atoms with Crippen molar-refractivity contribution in [2.45, 2.75) is 77.1 Å². The van der Waals surface area contributed by atoms with E-state index in [1.165, 1.54) is 0 Å². The van der Waals surface area contributed by atoms with E-state index in [0.29, 0.717) is 13.2 Å². The monoisotopic (exact) mass is 514 g/mol. The first-order valence-electron chi connectivity index (χ1n) is 10.6. The van der Waals surface area contributed by atoms with Gasteiger partial charge in [-0.1, -0.05) is 0 Å². The third kappa shape index (κ3) is 5.30. The van der Waals surface area contributed by atoms with Crippen LogP contribution in [0.15, 0.2) is 0 Å². The van der Waals surface area contributed by atoms with Gasteiger partial charge in [-0.2, -0.15) is 0 Å². The minimum atomic E-state index is -3.21. The lowest BCUT2D eigenvalue weighted by molar-refractivity contribution is 0.0339. The maximum Gasteiger partial charge on any atom is 0.482 e. The molecule has 0 N–H and O–H groups in total. The fourth-order valence-corrected chi connectivity index (χ4v) is 36.2. The summed E-state index contributed by atoms with van der Waals surface area (Å²) in [5.74, 6) is 0. The molecule has 6 atom stereocenters. The van der Waals surface area contributed by atoms with Crippen LogP contribution in [0.1, 0.15) is 25.7 Å². The quantitative estimate of drug-likeness (QED) is 0.453. The summed E-state index contributed by atoms with van der Waals surface area (Å²) in [5, 5.41) is 0. The summed E-state index contributed by atoms with van der Waals surface area (Å²) >= 11 is 0. The molecule has 4 fully saturated rings. The lowest BCUT2D eigenvalue weighted by Gasteiger charge is -2.53. The molecule has 0 saturated carbocycles. The summed E-state index contributed by atoms with van der Waals surface area (Å²) in [6.07, 6.45) is 3.74. The zero-order valence-electron chi connectivity index (χ0n) is 18.3. The number of fused-ring (bicyclic) bond motifs is 4. The summed E-state index contributed by atoms with van der Waals surface area (Å²) < 4.78 is 59.1. The van der Waals surface area contributed by atoms with E-state index in [-0.39, 0.29) is 0 Å². The Labute approximate surface area is 180 Å². The maximum absolute atomic E-state index is 6.89. The van der Waals surface area contributed by atoms with E-state index < -0.39 is 52.3 Å². The van der Waals surface area contributed by atoms with Gasteiger partial charge in [0.2, 0.25) is 0 Å². The molecule has 0 spiro atoms. The van der Waals surface area contributed by atoms with E-state index in [0.717, 1.165) is 37.8 Å². The molecular weight excluding hydrogens is 481 g/mol. The van der Waals surface area contributed by atoms with Crippen molar-refractivity contribution in [2.24, 2.45) is 0 Å². The Morgan fingerprint density at radius 3 is 1.24 bits per heavy atom. The van der Waals surface area contributed by atoms with Crippen molar-refractivity contribution in [1.82, 2.24) is 0 Å². The van der Waals surface area contributed by atoms with E-state index in [1.54, 1.807) is 0 Å². The summed E-state index contributed by atoms with van der Waals surface area (Å²) in [4.78, 5) is 0. The zero-order chi connectivity index (χ0) is 21.0. The van der Waals surface area contributed by atoms with Crippen molar-refractivity contribution < 1.29 is 37.7 Å². The summed E-state index contributed by atoms with van der Waals surface area (Å²) in [6.45, 7) is 13.0. The van der Waals surface area contributed by atoms with E-state index in [9.17, 15) is 0 Å². The van der Waals surface area contributed by atoms with E-state index in [2.05, 4.69) is 13.1 Å². The topological polar surface area (TPSA) is 83.1 Å². The van der Waals surface area contributed by atoms with Gasteiger partial charge >= 0.3 is 52.3 Å². The SMILES string of the molecule is C[Si]12CCCCO[Si]3(C)O[Si]4(C)OCCCC[Si](C)(O1)O[Si](C)(O4)O[Si](C)(O2)O3. The Hall–Kier alpha value is 0.941. The van der Waals surface area contributed by atoms with Gasteiger partial charge in [0.15, 0.2) is 0 Å². The minimum Gasteiger partial charge on any atom is -0.416 e. The van der Waals surface area contributed by atoms with Crippen LogP contribution in [0, 0.1) is 0 Å². The minimum absolute atomic E-state index is 0.571. The number of rotatable bonds is 0. The average Bonchev–Trinajstić information content (AvgIpc) is 2.48. The van der Waals surface area contributed by atoms with Crippen molar-refractivity contribution in [2.75, 3.05) is 13.2 Å². The molecule has 4 aliphatic rings. The van der Waals surface area contributed by atoms with Crippen molar-refractivity contribution in [3.05, 3.63) is 0 Å². The van der Waals surface area contributed by atoms with Crippen LogP contribution in [-0.2, 0) is 37.7 Å². The lowest BCUT2D eigenvalue weighted by atomic mass is 10.4. The van der Waals surface area contributed by atoms with Crippen LogP contribution in [0.3, 0.4) is 0 Å². The highest BCUT2D eigenvalue weighted by atomic mass is 28.6. The first-order chi connectivity index (χ1) is 13.4. The highest BCUT2D eigenvalue weighted by Crippen LogP contribution is 2.41. The molecule has 6 unspecified atom stereocenters. The molecule has 0 aromatic carbocycles. The van der Waals surface area contributed by atoms with Gasteiger partial charge in [-0.3, -0.25) is 0 Å². The smallest absolute Gasteiger partial charge is 0.416 e. The standard InChI is InChI=1S/C14H34O9Si6/c1-24-13-9-7-11-15-26(3)20-27(4)16-12-8-10-14-25(2,17-24)19-29(6,22-27)23-28(5,18-24)21-26/h7-14H2,1-6H3. The molecule has 4 saturated heterocycles. The molecule has 0 aromatic heterocycles. The molecule has 4 rings (SSSR count). The normalized spacial score (nSPS) is 54.4. The van der Waals surface area contributed by atoms with Crippen LogP contribution in [0.25, 0.3) is 0 Å². The average molecular weight is 515 g/mol. The van der Waals surface area contributed by atoms with Gasteiger partial charge < -0.3 is 37.7 Å². The highest BCUT2D eigenvalue weighted by Gasteiger charge is 2.67. The molecule has 168 valence electrons. The predicted molar refractivity (Wildman–Crippen MR) is 117 cm³/mol. The Morgan fingerprint density at radius 1 is 0.414 bits per heavy atom. The molecule has 0 aliphatic carbocycles. The van der Waals surface area contributed by atoms with Crippen LogP contribution in [-0.4, -0.2) is 65.6 Å². The van der Waals surface area contributed by atoms with Crippen LogP contribution in [0.5, 0.6) is 0 Å². The summed E-state index contributed by atoms with van der Waals surface area (Å²) in [5.41, 5.74) is 0. The van der Waals surface area contributed by atoms with Gasteiger partial charge in [0, 0.05) is 39.4 Å². The molecular formula is C14H34O9Si6. The maximum atomic E-state index is 6.89. The Kier molecular flexibility index (Phi) is 6.19. The highest BCUT2D eigenvalue weighted by molar-refractivity contribution is 6.95. The largest absolute Gasteiger partial charge is 0.482 e. The molecule has 0 radical (unpaired) electrons. The molecule has 29 heavy (non-hydrogen) atoms. The Morgan fingerprint density at radius 2 is 0.793 bits per heavy atom. The van der Waals surface area contributed by atoms with Crippen LogP contribution >= 0.6 is 0 Å². The summed E-state index contributed by atoms with van der Waals surface area (Å²) in [6, 6.07) is 1.73. The Bertz CT molecular complexity index is 555. The van der Waals surface area contributed by atoms with Crippen LogP contribution in [0.4, 0.5) is 0 Å². The second kappa shape index (κ2) is 7.77. The molecule has 6 bridgehead atoms. The second-order valence-corrected chi connectivity index (χ2v) is 27.8. The number of hydrogen-bond donors (Lipinski definition) is 0. The molecule has 9 nitrogen and oxygen atoms in total. The van der Waals surface area contributed by atoms with E-state index in [4.69, 9.17) is 37.7 Å². The van der Waals surface area contributed by atoms with Gasteiger partial charge in [-0.05, 0) is 50.9 Å². The van der Waals surface area contributed by atoms with Gasteiger partial charge in [0.25, 0.3) is 0 Å². The van der Waals surface area contributed by atoms with Gasteiger partial charge in [0.1, 0.15) is 0 Å². The van der Waals surface area contributed by atoms with Crippen molar-refractivity contribution in [3.8, 4) is 0 Å².